The standard InChI is InChI=1S/C25H24FN3O3S/c1-14-15(2)29(23-13-24(33(27,31)32)21(26)12-20(14)23)25(30)19-9-16-6-7-17(10-18(16)11-19)22-5-3-4-8-28-22/h3-8,10,12-15,19H,9,11H2,1-2H3,(H2,27,31,32)/t14-,15+,19+/m0/s1. The van der Waals surface area contributed by atoms with Gasteiger partial charge in [0.05, 0.1) is 5.69 Å². The topological polar surface area (TPSA) is 93.4 Å². The highest BCUT2D eigenvalue weighted by Crippen LogP contribution is 2.44. The van der Waals surface area contributed by atoms with Crippen molar-refractivity contribution in [3.63, 3.8) is 0 Å². The summed E-state index contributed by atoms with van der Waals surface area (Å²) in [6.45, 7) is 3.81. The Kier molecular flexibility index (Phi) is 5.10. The SMILES string of the molecule is C[C@@H]1c2cc(F)c(S(N)(=O)=O)cc2N(C(=O)[C@@H]2Cc3ccc(-c4ccccn4)cc3C2)[C@@H]1C. The average Bonchev–Trinajstić information content (AvgIpc) is 3.31. The van der Waals surface area contributed by atoms with Crippen LogP contribution in [-0.2, 0) is 27.7 Å². The van der Waals surface area contributed by atoms with Crippen LogP contribution in [0.1, 0.15) is 36.5 Å². The van der Waals surface area contributed by atoms with Gasteiger partial charge >= 0.3 is 0 Å². The summed E-state index contributed by atoms with van der Waals surface area (Å²) in [5.41, 5.74) is 5.16. The largest absolute Gasteiger partial charge is 0.308 e. The van der Waals surface area contributed by atoms with Crippen LogP contribution in [0.2, 0.25) is 0 Å². The van der Waals surface area contributed by atoms with Gasteiger partial charge in [0.25, 0.3) is 0 Å². The molecule has 3 aromatic rings. The zero-order valence-corrected chi connectivity index (χ0v) is 19.1. The second-order valence-electron chi connectivity index (χ2n) is 8.93. The number of hydrogen-bond acceptors (Lipinski definition) is 4. The zero-order chi connectivity index (χ0) is 23.5. The highest BCUT2D eigenvalue weighted by atomic mass is 32.2. The molecule has 0 saturated heterocycles. The van der Waals surface area contributed by atoms with Gasteiger partial charge in [0.2, 0.25) is 15.9 Å². The van der Waals surface area contributed by atoms with Crippen molar-refractivity contribution in [2.24, 2.45) is 11.1 Å². The lowest BCUT2D eigenvalue weighted by Gasteiger charge is -2.27. The molecule has 0 bridgehead atoms. The number of nitrogens with two attached hydrogens (primary N) is 1. The first kappa shape index (κ1) is 21.7. The van der Waals surface area contributed by atoms with Crippen LogP contribution < -0.4 is 10.0 Å². The number of primary sulfonamides is 1. The molecule has 0 saturated carbocycles. The Bertz CT molecular complexity index is 1380. The summed E-state index contributed by atoms with van der Waals surface area (Å²) in [4.78, 5) is 19.1. The highest BCUT2D eigenvalue weighted by molar-refractivity contribution is 7.89. The van der Waals surface area contributed by atoms with Gasteiger partial charge in [-0.25, -0.2) is 17.9 Å². The average molecular weight is 466 g/mol. The quantitative estimate of drug-likeness (QED) is 0.637. The lowest BCUT2D eigenvalue weighted by molar-refractivity contribution is -0.122. The van der Waals surface area contributed by atoms with Gasteiger partial charge in [-0.2, -0.15) is 0 Å². The van der Waals surface area contributed by atoms with Crippen molar-refractivity contribution in [3.8, 4) is 11.3 Å². The summed E-state index contributed by atoms with van der Waals surface area (Å²) in [5, 5.41) is 5.21. The van der Waals surface area contributed by atoms with Gasteiger partial charge in [0.15, 0.2) is 0 Å². The lowest BCUT2D eigenvalue weighted by atomic mass is 9.98. The second-order valence-corrected chi connectivity index (χ2v) is 10.5. The van der Waals surface area contributed by atoms with E-state index in [2.05, 4.69) is 11.1 Å². The molecule has 8 heteroatoms. The van der Waals surface area contributed by atoms with E-state index < -0.39 is 20.7 Å². The van der Waals surface area contributed by atoms with Crippen molar-refractivity contribution in [2.45, 2.75) is 43.5 Å². The molecule has 2 N–H and O–H groups in total. The van der Waals surface area contributed by atoms with E-state index >= 15 is 0 Å². The fourth-order valence-electron chi connectivity index (χ4n) is 5.05. The number of amides is 1. The van der Waals surface area contributed by atoms with Crippen molar-refractivity contribution >= 4 is 21.6 Å². The second kappa shape index (κ2) is 7.74. The van der Waals surface area contributed by atoms with E-state index in [0.717, 1.165) is 22.4 Å². The van der Waals surface area contributed by atoms with Crippen molar-refractivity contribution in [3.05, 3.63) is 77.2 Å². The number of nitrogens with zero attached hydrogens (tertiary/aromatic N) is 2. The Labute approximate surface area is 192 Å². The van der Waals surface area contributed by atoms with Gasteiger partial charge < -0.3 is 4.90 Å². The normalized spacial score (nSPS) is 21.7. The molecule has 3 atom stereocenters. The number of anilines is 1. The summed E-state index contributed by atoms with van der Waals surface area (Å²) >= 11 is 0. The molecule has 1 amide bonds. The maximum Gasteiger partial charge on any atom is 0.241 e. The van der Waals surface area contributed by atoms with Crippen molar-refractivity contribution < 1.29 is 17.6 Å². The first-order valence-corrected chi connectivity index (χ1v) is 12.4. The number of aromatic nitrogens is 1. The van der Waals surface area contributed by atoms with Crippen LogP contribution in [0.25, 0.3) is 11.3 Å². The van der Waals surface area contributed by atoms with E-state index in [0.29, 0.717) is 24.1 Å². The van der Waals surface area contributed by atoms with Gasteiger partial charge in [0, 0.05) is 35.3 Å². The first-order chi connectivity index (χ1) is 15.6. The number of halogens is 1. The van der Waals surface area contributed by atoms with E-state index in [1.807, 2.05) is 44.2 Å². The number of pyridine rings is 1. The van der Waals surface area contributed by atoms with E-state index in [4.69, 9.17) is 5.14 Å². The van der Waals surface area contributed by atoms with Crippen LogP contribution >= 0.6 is 0 Å². The number of sulfonamides is 1. The number of carbonyl (C=O) groups is 1. The molecule has 0 spiro atoms. The monoisotopic (exact) mass is 465 g/mol. The van der Waals surface area contributed by atoms with E-state index in [1.54, 1.807) is 11.1 Å². The smallest absolute Gasteiger partial charge is 0.241 e. The van der Waals surface area contributed by atoms with Crippen molar-refractivity contribution in [1.82, 2.24) is 4.98 Å². The molecule has 0 fully saturated rings. The Morgan fingerprint density at radius 3 is 2.55 bits per heavy atom. The summed E-state index contributed by atoms with van der Waals surface area (Å²) < 4.78 is 38.2. The minimum Gasteiger partial charge on any atom is -0.308 e. The number of fused-ring (bicyclic) bond motifs is 2. The van der Waals surface area contributed by atoms with Crippen molar-refractivity contribution in [2.75, 3.05) is 4.90 Å². The van der Waals surface area contributed by atoms with Crippen LogP contribution in [-0.4, -0.2) is 25.4 Å². The fraction of sp³-hybridized carbons (Fsp3) is 0.280. The summed E-state index contributed by atoms with van der Waals surface area (Å²) in [6.07, 6.45) is 2.94. The van der Waals surface area contributed by atoms with Crippen molar-refractivity contribution in [1.29, 1.82) is 0 Å². The molecule has 1 aromatic heterocycles. The summed E-state index contributed by atoms with van der Waals surface area (Å²) in [6, 6.07) is 14.1. The number of benzene rings is 2. The van der Waals surface area contributed by atoms with Crippen LogP contribution in [0.3, 0.4) is 0 Å². The Balaban J connectivity index is 1.47. The molecular weight excluding hydrogens is 441 g/mol. The van der Waals surface area contributed by atoms with Gasteiger partial charge in [-0.1, -0.05) is 25.1 Å². The van der Waals surface area contributed by atoms with Crippen LogP contribution in [0.15, 0.2) is 59.6 Å². The van der Waals surface area contributed by atoms with E-state index in [1.165, 1.54) is 12.1 Å². The molecule has 6 nitrogen and oxygen atoms in total. The summed E-state index contributed by atoms with van der Waals surface area (Å²) in [5.74, 6) is -1.38. The predicted molar refractivity (Wildman–Crippen MR) is 124 cm³/mol. The lowest BCUT2D eigenvalue weighted by Crippen LogP contribution is -2.41. The molecule has 33 heavy (non-hydrogen) atoms. The first-order valence-electron chi connectivity index (χ1n) is 10.9. The third-order valence-corrected chi connectivity index (χ3v) is 7.88. The molecule has 1 aliphatic carbocycles. The zero-order valence-electron chi connectivity index (χ0n) is 18.3. The Hall–Kier alpha value is -3.10. The number of hydrogen-bond donors (Lipinski definition) is 1. The third-order valence-electron chi connectivity index (χ3n) is 6.95. The van der Waals surface area contributed by atoms with Gasteiger partial charge in [0.1, 0.15) is 10.7 Å². The minimum atomic E-state index is -4.25. The maximum absolute atomic E-state index is 14.5. The molecule has 2 aromatic carbocycles. The fourth-order valence-corrected chi connectivity index (χ4v) is 5.66. The molecule has 2 heterocycles. The molecule has 1 aliphatic heterocycles. The number of carbonyl (C=O) groups excluding carboxylic acids is 1. The van der Waals surface area contributed by atoms with Crippen LogP contribution in [0.5, 0.6) is 0 Å². The third kappa shape index (κ3) is 3.63. The number of rotatable bonds is 3. The maximum atomic E-state index is 14.5. The highest BCUT2D eigenvalue weighted by Gasteiger charge is 2.41. The van der Waals surface area contributed by atoms with Crippen LogP contribution in [0, 0.1) is 11.7 Å². The summed E-state index contributed by atoms with van der Waals surface area (Å²) in [7, 11) is -4.25. The molecule has 2 aliphatic rings. The predicted octanol–water partition coefficient (Wildman–Crippen LogP) is 3.79. The van der Waals surface area contributed by atoms with Gasteiger partial charge in [-0.3, -0.25) is 9.78 Å². The van der Waals surface area contributed by atoms with Crippen LogP contribution in [0.4, 0.5) is 10.1 Å². The Morgan fingerprint density at radius 1 is 1.09 bits per heavy atom. The van der Waals surface area contributed by atoms with E-state index in [9.17, 15) is 17.6 Å². The molecule has 5 rings (SSSR count). The minimum absolute atomic E-state index is 0.0873. The van der Waals surface area contributed by atoms with Gasteiger partial charge in [-0.05, 0) is 66.8 Å². The van der Waals surface area contributed by atoms with E-state index in [-0.39, 0.29) is 23.8 Å². The van der Waals surface area contributed by atoms with Gasteiger partial charge in [-0.15, -0.1) is 0 Å². The molecule has 0 unspecified atom stereocenters. The molecule has 170 valence electrons. The Morgan fingerprint density at radius 2 is 1.85 bits per heavy atom. The molecular formula is C25H24FN3O3S. The molecule has 0 radical (unpaired) electrons.